The molecule has 0 spiro atoms. The second-order valence-corrected chi connectivity index (χ2v) is 5.42. The second-order valence-electron chi connectivity index (χ2n) is 5.42. The Hall–Kier alpha value is -2.28. The van der Waals surface area contributed by atoms with E-state index in [-0.39, 0.29) is 23.3 Å². The van der Waals surface area contributed by atoms with Gasteiger partial charge in [-0.3, -0.25) is 19.8 Å². The summed E-state index contributed by atoms with van der Waals surface area (Å²) < 4.78 is 1.77. The molecule has 0 atom stereocenters. The molecule has 23 heavy (non-hydrogen) atoms. The van der Waals surface area contributed by atoms with Crippen LogP contribution in [0.3, 0.4) is 0 Å². The largest absolute Gasteiger partial charge is 0.397 e. The minimum atomic E-state index is -0.379. The van der Waals surface area contributed by atoms with Crippen LogP contribution in [0, 0.1) is 10.1 Å². The molecule has 0 aromatic carbocycles. The number of pyridine rings is 1. The van der Waals surface area contributed by atoms with E-state index in [0.717, 1.165) is 25.7 Å². The first-order valence-electron chi connectivity index (χ1n) is 7.93. The fraction of sp³-hybridized carbons (Fsp3) is 0.500. The summed E-state index contributed by atoms with van der Waals surface area (Å²) in [6, 6.07) is 5.62. The zero-order chi connectivity index (χ0) is 16.7. The first-order valence-corrected chi connectivity index (χ1v) is 7.93. The van der Waals surface area contributed by atoms with Crippen LogP contribution >= 0.6 is 0 Å². The van der Waals surface area contributed by atoms with E-state index in [0.29, 0.717) is 11.4 Å². The number of aromatic nitrogens is 3. The standard InChI is InChI=1S/C14H16N4O2.C2H6O/c19-18(20)13-10-17(11-6-2-1-3-7-11)16-14(13)12-8-4-5-9-15-12;1-2-3/h4-5,8-11H,1-3,6-7H2;3H,2H2,1H3. The first-order chi connectivity index (χ1) is 11.2. The molecule has 0 unspecified atom stereocenters. The van der Waals surface area contributed by atoms with Gasteiger partial charge in [-0.15, -0.1) is 0 Å². The number of nitrogens with zero attached hydrogens (tertiary/aromatic N) is 4. The van der Waals surface area contributed by atoms with Gasteiger partial charge in [0.25, 0.3) is 0 Å². The molecule has 2 aromatic heterocycles. The molecule has 3 rings (SSSR count). The predicted octanol–water partition coefficient (Wildman–Crippen LogP) is 3.36. The van der Waals surface area contributed by atoms with Crippen molar-refractivity contribution in [2.24, 2.45) is 0 Å². The highest BCUT2D eigenvalue weighted by molar-refractivity contribution is 5.65. The average molecular weight is 318 g/mol. The van der Waals surface area contributed by atoms with Gasteiger partial charge in [0.1, 0.15) is 6.20 Å². The Morgan fingerprint density at radius 3 is 2.61 bits per heavy atom. The molecule has 0 radical (unpaired) electrons. The molecule has 0 bridgehead atoms. The summed E-state index contributed by atoms with van der Waals surface area (Å²) in [5.74, 6) is 0. The molecule has 1 fully saturated rings. The minimum Gasteiger partial charge on any atom is -0.397 e. The van der Waals surface area contributed by atoms with Crippen molar-refractivity contribution in [1.29, 1.82) is 0 Å². The molecule has 124 valence electrons. The number of hydrogen-bond donors (Lipinski definition) is 1. The van der Waals surface area contributed by atoms with Gasteiger partial charge >= 0.3 is 5.69 Å². The van der Waals surface area contributed by atoms with E-state index in [1.54, 1.807) is 36.1 Å². The van der Waals surface area contributed by atoms with Crippen LogP contribution in [0.5, 0.6) is 0 Å². The smallest absolute Gasteiger partial charge is 0.316 e. The second kappa shape index (κ2) is 8.38. The third-order valence-electron chi connectivity index (χ3n) is 3.77. The van der Waals surface area contributed by atoms with Crippen LogP contribution in [0.2, 0.25) is 0 Å². The zero-order valence-corrected chi connectivity index (χ0v) is 13.3. The molecule has 7 heteroatoms. The normalized spacial score (nSPS) is 14.9. The van der Waals surface area contributed by atoms with Gasteiger partial charge in [-0.05, 0) is 31.9 Å². The van der Waals surface area contributed by atoms with Gasteiger partial charge in [0, 0.05) is 12.8 Å². The molecule has 1 saturated carbocycles. The SMILES string of the molecule is CCO.O=[N+]([O-])c1cn(C2CCCCC2)nc1-c1ccccn1. The Labute approximate surface area is 135 Å². The first kappa shape index (κ1) is 17.1. The van der Waals surface area contributed by atoms with E-state index in [1.807, 2.05) is 6.07 Å². The van der Waals surface area contributed by atoms with E-state index in [2.05, 4.69) is 10.1 Å². The van der Waals surface area contributed by atoms with Crippen LogP contribution in [0.1, 0.15) is 45.1 Å². The summed E-state index contributed by atoms with van der Waals surface area (Å²) in [5.41, 5.74) is 0.948. The van der Waals surface area contributed by atoms with Crippen molar-refractivity contribution in [2.45, 2.75) is 45.1 Å². The van der Waals surface area contributed by atoms with E-state index >= 15 is 0 Å². The lowest BCUT2D eigenvalue weighted by molar-refractivity contribution is -0.384. The Kier molecular flexibility index (Phi) is 6.22. The molecule has 1 N–H and O–H groups in total. The summed E-state index contributed by atoms with van der Waals surface area (Å²) in [6.45, 7) is 1.93. The molecule has 2 aromatic rings. The summed E-state index contributed by atoms with van der Waals surface area (Å²) in [7, 11) is 0. The Morgan fingerprint density at radius 1 is 1.35 bits per heavy atom. The van der Waals surface area contributed by atoms with Gasteiger partial charge in [-0.25, -0.2) is 0 Å². The fourth-order valence-electron chi connectivity index (χ4n) is 2.73. The Morgan fingerprint density at radius 2 is 2.04 bits per heavy atom. The van der Waals surface area contributed by atoms with Crippen LogP contribution in [-0.4, -0.2) is 31.4 Å². The molecular formula is C16H22N4O3. The van der Waals surface area contributed by atoms with Crippen molar-refractivity contribution in [1.82, 2.24) is 14.8 Å². The van der Waals surface area contributed by atoms with Crippen LogP contribution in [-0.2, 0) is 0 Å². The summed E-state index contributed by atoms with van der Waals surface area (Å²) in [6.07, 6.45) is 8.83. The zero-order valence-electron chi connectivity index (χ0n) is 13.3. The van der Waals surface area contributed by atoms with Gasteiger partial charge in [0.2, 0.25) is 0 Å². The van der Waals surface area contributed by atoms with Gasteiger partial charge in [-0.1, -0.05) is 25.3 Å². The highest BCUT2D eigenvalue weighted by Gasteiger charge is 2.25. The molecule has 0 aliphatic heterocycles. The van der Waals surface area contributed by atoms with Crippen LogP contribution < -0.4 is 0 Å². The maximum atomic E-state index is 11.2. The lowest BCUT2D eigenvalue weighted by Gasteiger charge is -2.21. The van der Waals surface area contributed by atoms with Crippen molar-refractivity contribution in [3.8, 4) is 11.4 Å². The van der Waals surface area contributed by atoms with Gasteiger partial charge < -0.3 is 5.11 Å². The van der Waals surface area contributed by atoms with Crippen molar-refractivity contribution in [3.63, 3.8) is 0 Å². The van der Waals surface area contributed by atoms with E-state index < -0.39 is 0 Å². The van der Waals surface area contributed by atoms with Crippen LogP contribution in [0.4, 0.5) is 5.69 Å². The summed E-state index contributed by atoms with van der Waals surface area (Å²) >= 11 is 0. The summed E-state index contributed by atoms with van der Waals surface area (Å²) in [4.78, 5) is 15.0. The lowest BCUT2D eigenvalue weighted by atomic mass is 9.96. The van der Waals surface area contributed by atoms with Crippen LogP contribution in [0.15, 0.2) is 30.6 Å². The number of hydrogen-bond acceptors (Lipinski definition) is 5. The van der Waals surface area contributed by atoms with Crippen molar-refractivity contribution >= 4 is 5.69 Å². The third-order valence-corrected chi connectivity index (χ3v) is 3.77. The van der Waals surface area contributed by atoms with E-state index in [4.69, 9.17) is 5.11 Å². The average Bonchev–Trinajstić information content (AvgIpc) is 3.03. The number of rotatable bonds is 3. The molecule has 0 amide bonds. The highest BCUT2D eigenvalue weighted by atomic mass is 16.6. The number of aliphatic hydroxyl groups excluding tert-OH is 1. The van der Waals surface area contributed by atoms with Crippen molar-refractivity contribution in [2.75, 3.05) is 6.61 Å². The monoisotopic (exact) mass is 318 g/mol. The maximum Gasteiger partial charge on any atom is 0.316 e. The molecule has 0 saturated heterocycles. The highest BCUT2D eigenvalue weighted by Crippen LogP contribution is 2.32. The predicted molar refractivity (Wildman–Crippen MR) is 87.0 cm³/mol. The Balaban J connectivity index is 0.000000595. The molecule has 1 aliphatic rings. The number of nitro groups is 1. The lowest BCUT2D eigenvalue weighted by Crippen LogP contribution is -2.13. The van der Waals surface area contributed by atoms with E-state index in [1.165, 1.54) is 6.42 Å². The molecular weight excluding hydrogens is 296 g/mol. The number of aliphatic hydroxyl groups is 1. The Bertz CT molecular complexity index is 622. The topological polar surface area (TPSA) is 94.1 Å². The van der Waals surface area contributed by atoms with E-state index in [9.17, 15) is 10.1 Å². The molecule has 1 aliphatic carbocycles. The molecule has 7 nitrogen and oxygen atoms in total. The van der Waals surface area contributed by atoms with Crippen molar-refractivity contribution in [3.05, 3.63) is 40.7 Å². The van der Waals surface area contributed by atoms with Gasteiger partial charge in [0.05, 0.1) is 16.7 Å². The van der Waals surface area contributed by atoms with Crippen molar-refractivity contribution < 1.29 is 10.0 Å². The minimum absolute atomic E-state index is 0.0364. The summed E-state index contributed by atoms with van der Waals surface area (Å²) in [5, 5.41) is 23.2. The quantitative estimate of drug-likeness (QED) is 0.691. The third kappa shape index (κ3) is 4.35. The van der Waals surface area contributed by atoms with Gasteiger partial charge in [-0.2, -0.15) is 5.10 Å². The molecule has 2 heterocycles. The van der Waals surface area contributed by atoms with Crippen LogP contribution in [0.25, 0.3) is 11.4 Å². The van der Waals surface area contributed by atoms with Gasteiger partial charge in [0.15, 0.2) is 5.69 Å². The maximum absolute atomic E-state index is 11.2. The fourth-order valence-corrected chi connectivity index (χ4v) is 2.73.